The van der Waals surface area contributed by atoms with Gasteiger partial charge in [-0.1, -0.05) is 146 Å². The molecule has 6 rings (SSSR count). The molecule has 3 N–H and O–H groups in total. The van der Waals surface area contributed by atoms with Gasteiger partial charge >= 0.3 is 0 Å². The Balaban J connectivity index is 1.38. The van der Waals surface area contributed by atoms with Crippen molar-refractivity contribution in [1.82, 2.24) is 4.90 Å². The van der Waals surface area contributed by atoms with Crippen molar-refractivity contribution < 1.29 is 15.3 Å². The Morgan fingerprint density at radius 1 is 0.326 bits per heavy atom. The third kappa shape index (κ3) is 6.15. The van der Waals surface area contributed by atoms with Crippen LogP contribution in [-0.4, -0.2) is 20.2 Å². The van der Waals surface area contributed by atoms with E-state index < -0.39 is 0 Å². The molecule has 0 heterocycles. The van der Waals surface area contributed by atoms with Crippen LogP contribution >= 0.6 is 0 Å². The van der Waals surface area contributed by atoms with Crippen molar-refractivity contribution in [3.8, 4) is 50.6 Å². The minimum absolute atomic E-state index is 0.225. The third-order valence-corrected chi connectivity index (χ3v) is 7.79. The van der Waals surface area contributed by atoms with Crippen LogP contribution < -0.4 is 0 Å². The van der Waals surface area contributed by atoms with Crippen LogP contribution in [0.4, 0.5) is 0 Å². The van der Waals surface area contributed by atoms with Crippen molar-refractivity contribution in [3.05, 3.63) is 162 Å². The van der Waals surface area contributed by atoms with E-state index >= 15 is 0 Å². The molecular formula is C39H33NO3. The van der Waals surface area contributed by atoms with Gasteiger partial charge in [-0.05, 0) is 16.7 Å². The first-order valence-corrected chi connectivity index (χ1v) is 14.4. The number of hydrogen-bond acceptors (Lipinski definition) is 4. The zero-order chi connectivity index (χ0) is 29.6. The summed E-state index contributed by atoms with van der Waals surface area (Å²) in [6.07, 6.45) is 0. The first kappa shape index (κ1) is 27.8. The van der Waals surface area contributed by atoms with Crippen LogP contribution in [-0.2, 0) is 19.6 Å². The number of hydrogen-bond donors (Lipinski definition) is 3. The number of benzene rings is 6. The van der Waals surface area contributed by atoms with Gasteiger partial charge in [0.25, 0.3) is 0 Å². The zero-order valence-corrected chi connectivity index (χ0v) is 23.8. The van der Waals surface area contributed by atoms with Crippen molar-refractivity contribution >= 4 is 0 Å². The first-order valence-electron chi connectivity index (χ1n) is 14.4. The fraction of sp³-hybridized carbons (Fsp3) is 0.0769. The van der Waals surface area contributed by atoms with Gasteiger partial charge in [0.05, 0.1) is 0 Å². The van der Waals surface area contributed by atoms with E-state index in [0.717, 1.165) is 50.1 Å². The van der Waals surface area contributed by atoms with Gasteiger partial charge in [-0.15, -0.1) is 0 Å². The summed E-state index contributed by atoms with van der Waals surface area (Å²) in [4.78, 5) is 2.14. The van der Waals surface area contributed by atoms with E-state index in [2.05, 4.69) is 4.90 Å². The highest BCUT2D eigenvalue weighted by Crippen LogP contribution is 2.37. The second-order valence-corrected chi connectivity index (χ2v) is 10.7. The lowest BCUT2D eigenvalue weighted by Gasteiger charge is -2.25. The Kier molecular flexibility index (Phi) is 8.21. The lowest BCUT2D eigenvalue weighted by Crippen LogP contribution is -2.23. The predicted molar refractivity (Wildman–Crippen MR) is 174 cm³/mol. The van der Waals surface area contributed by atoms with E-state index in [-0.39, 0.29) is 17.2 Å². The highest BCUT2D eigenvalue weighted by molar-refractivity contribution is 5.73. The summed E-state index contributed by atoms with van der Waals surface area (Å²) < 4.78 is 0. The Labute approximate surface area is 252 Å². The van der Waals surface area contributed by atoms with Crippen molar-refractivity contribution in [1.29, 1.82) is 0 Å². The highest BCUT2D eigenvalue weighted by atomic mass is 16.3. The summed E-state index contributed by atoms with van der Waals surface area (Å²) in [5.74, 6) is 0.676. The molecule has 0 aliphatic heterocycles. The number of nitrogens with zero attached hydrogens (tertiary/aromatic N) is 1. The molecular weight excluding hydrogens is 530 g/mol. The standard InChI is InChI=1S/C39H33NO3/c41-37-31(19-10-22-34(37)28-13-4-1-5-14-28)25-40(26-32-20-11-23-35(38(32)42)29-15-6-2-7-16-29)27-33-21-12-24-36(39(33)43)30-17-8-3-9-18-30/h1-24,41-43H,25-27H2. The van der Waals surface area contributed by atoms with E-state index in [1.165, 1.54) is 0 Å². The fourth-order valence-corrected chi connectivity index (χ4v) is 5.60. The van der Waals surface area contributed by atoms with E-state index in [1.54, 1.807) is 0 Å². The van der Waals surface area contributed by atoms with Crippen LogP contribution in [0.5, 0.6) is 17.2 Å². The van der Waals surface area contributed by atoms with Gasteiger partial charge < -0.3 is 15.3 Å². The maximum absolute atomic E-state index is 11.4. The quantitative estimate of drug-likeness (QED) is 0.164. The predicted octanol–water partition coefficient (Wildman–Crippen LogP) is 9.01. The molecule has 0 aliphatic carbocycles. The van der Waals surface area contributed by atoms with Crippen molar-refractivity contribution in [2.24, 2.45) is 0 Å². The molecule has 0 aromatic heterocycles. The molecule has 6 aromatic carbocycles. The van der Waals surface area contributed by atoms with Crippen LogP contribution in [0.15, 0.2) is 146 Å². The van der Waals surface area contributed by atoms with E-state index in [0.29, 0.717) is 19.6 Å². The Bertz CT molecular complexity index is 1600. The summed E-state index contributed by atoms with van der Waals surface area (Å²) in [7, 11) is 0. The van der Waals surface area contributed by atoms with Gasteiger partial charge in [0.1, 0.15) is 17.2 Å². The van der Waals surface area contributed by atoms with Gasteiger partial charge in [-0.3, -0.25) is 4.90 Å². The average molecular weight is 564 g/mol. The second-order valence-electron chi connectivity index (χ2n) is 10.7. The normalized spacial score (nSPS) is 11.1. The number of aromatic hydroxyl groups is 3. The second kappa shape index (κ2) is 12.7. The Morgan fingerprint density at radius 3 is 0.884 bits per heavy atom. The van der Waals surface area contributed by atoms with Crippen LogP contribution in [0, 0.1) is 0 Å². The minimum atomic E-state index is 0.225. The van der Waals surface area contributed by atoms with Gasteiger partial charge in [0.2, 0.25) is 0 Å². The molecule has 212 valence electrons. The van der Waals surface area contributed by atoms with Crippen LogP contribution in [0.2, 0.25) is 0 Å². The molecule has 43 heavy (non-hydrogen) atoms. The van der Waals surface area contributed by atoms with E-state index in [4.69, 9.17) is 0 Å². The molecule has 0 aliphatic rings. The zero-order valence-electron chi connectivity index (χ0n) is 23.8. The Morgan fingerprint density at radius 2 is 0.605 bits per heavy atom. The summed E-state index contributed by atoms with van der Waals surface area (Å²) in [6.45, 7) is 1.20. The maximum atomic E-state index is 11.4. The molecule has 0 radical (unpaired) electrons. The van der Waals surface area contributed by atoms with Gasteiger partial charge in [-0.2, -0.15) is 0 Å². The smallest absolute Gasteiger partial charge is 0.127 e. The molecule has 0 fully saturated rings. The van der Waals surface area contributed by atoms with Crippen molar-refractivity contribution in [2.45, 2.75) is 19.6 Å². The molecule has 0 saturated carbocycles. The van der Waals surface area contributed by atoms with Crippen LogP contribution in [0.25, 0.3) is 33.4 Å². The number of phenols is 3. The molecule has 0 spiro atoms. The number of phenolic OH excluding ortho intramolecular Hbond substituents is 3. The topological polar surface area (TPSA) is 63.9 Å². The maximum Gasteiger partial charge on any atom is 0.127 e. The monoisotopic (exact) mass is 563 g/mol. The first-order chi connectivity index (χ1) is 21.1. The van der Waals surface area contributed by atoms with E-state index in [1.807, 2.05) is 146 Å². The third-order valence-electron chi connectivity index (χ3n) is 7.79. The highest BCUT2D eigenvalue weighted by Gasteiger charge is 2.19. The minimum Gasteiger partial charge on any atom is -0.507 e. The number of rotatable bonds is 9. The van der Waals surface area contributed by atoms with Crippen molar-refractivity contribution in [3.63, 3.8) is 0 Å². The molecule has 0 amide bonds. The van der Waals surface area contributed by atoms with Gasteiger partial charge in [0, 0.05) is 53.0 Å². The Hall–Kier alpha value is -5.32. The molecule has 6 aromatic rings. The fourth-order valence-electron chi connectivity index (χ4n) is 5.60. The molecule has 4 heteroatoms. The average Bonchev–Trinajstić information content (AvgIpc) is 3.05. The molecule has 4 nitrogen and oxygen atoms in total. The van der Waals surface area contributed by atoms with E-state index in [9.17, 15) is 15.3 Å². The van der Waals surface area contributed by atoms with Crippen LogP contribution in [0.1, 0.15) is 16.7 Å². The summed E-state index contributed by atoms with van der Waals surface area (Å²) in [5.41, 5.74) is 7.40. The van der Waals surface area contributed by atoms with Gasteiger partial charge in [0.15, 0.2) is 0 Å². The lowest BCUT2D eigenvalue weighted by atomic mass is 9.99. The number of para-hydroxylation sites is 3. The summed E-state index contributed by atoms with van der Waals surface area (Å²) in [6, 6.07) is 46.9. The summed E-state index contributed by atoms with van der Waals surface area (Å²) in [5, 5.41) is 34.2. The molecule has 0 bridgehead atoms. The molecule has 0 unspecified atom stereocenters. The largest absolute Gasteiger partial charge is 0.507 e. The van der Waals surface area contributed by atoms with Gasteiger partial charge in [-0.25, -0.2) is 0 Å². The molecule has 0 saturated heterocycles. The summed E-state index contributed by atoms with van der Waals surface area (Å²) >= 11 is 0. The SMILES string of the molecule is Oc1c(CN(Cc2cccc(-c3ccccc3)c2O)Cc2cccc(-c3ccccc3)c2O)cccc1-c1ccccc1. The molecule has 0 atom stereocenters. The lowest BCUT2D eigenvalue weighted by molar-refractivity contribution is 0.238. The van der Waals surface area contributed by atoms with Crippen molar-refractivity contribution in [2.75, 3.05) is 0 Å². The van der Waals surface area contributed by atoms with Crippen LogP contribution in [0.3, 0.4) is 0 Å².